The van der Waals surface area contributed by atoms with Crippen LogP contribution in [-0.2, 0) is 0 Å². The Balaban J connectivity index is 0.000000963. The standard InChI is InChI=1S/C14H11N.Na/c1-2-10-6-5-8-12-11-7-3-4-9-13(11)15-14(10)12;/h2-9,15H,1H2;. The Kier molecular flexibility index (Phi) is 3.20. The van der Waals surface area contributed by atoms with E-state index in [-0.39, 0.29) is 29.6 Å². The molecule has 0 fully saturated rings. The molecule has 2 heteroatoms. The topological polar surface area (TPSA) is 15.8 Å². The summed E-state index contributed by atoms with van der Waals surface area (Å²) in [5.74, 6) is 0. The van der Waals surface area contributed by atoms with Gasteiger partial charge in [-0.15, -0.1) is 0 Å². The Morgan fingerprint density at radius 2 is 1.69 bits per heavy atom. The number of benzene rings is 2. The molecule has 0 unspecified atom stereocenters. The van der Waals surface area contributed by atoms with E-state index in [1.165, 1.54) is 21.8 Å². The van der Waals surface area contributed by atoms with Crippen molar-refractivity contribution in [2.45, 2.75) is 0 Å². The van der Waals surface area contributed by atoms with Crippen molar-refractivity contribution in [3.63, 3.8) is 0 Å². The van der Waals surface area contributed by atoms with E-state index < -0.39 is 0 Å². The molecule has 16 heavy (non-hydrogen) atoms. The van der Waals surface area contributed by atoms with Crippen LogP contribution in [0, 0.1) is 0 Å². The molecule has 1 N–H and O–H groups in total. The number of H-pyrrole nitrogens is 1. The molecule has 1 heterocycles. The molecule has 0 bridgehead atoms. The van der Waals surface area contributed by atoms with E-state index in [1.54, 1.807) is 0 Å². The zero-order valence-corrected chi connectivity index (χ0v) is 11.3. The van der Waals surface area contributed by atoms with Crippen molar-refractivity contribution in [3.8, 4) is 0 Å². The number of para-hydroxylation sites is 2. The average molecular weight is 216 g/mol. The molecule has 0 atom stereocenters. The van der Waals surface area contributed by atoms with Crippen LogP contribution in [0.25, 0.3) is 27.9 Å². The van der Waals surface area contributed by atoms with Crippen LogP contribution in [0.4, 0.5) is 0 Å². The Labute approximate surface area is 116 Å². The van der Waals surface area contributed by atoms with Crippen molar-refractivity contribution in [1.82, 2.24) is 4.98 Å². The van der Waals surface area contributed by atoms with Crippen LogP contribution < -0.4 is 0 Å². The number of nitrogens with one attached hydrogen (secondary N) is 1. The summed E-state index contributed by atoms with van der Waals surface area (Å²) in [6, 6.07) is 14.6. The molecule has 0 aliphatic heterocycles. The van der Waals surface area contributed by atoms with Gasteiger partial charge in [-0.3, -0.25) is 0 Å². The first kappa shape index (κ1) is 11.5. The SMILES string of the molecule is C=Cc1cccc2c1[nH]c1ccccc12.[Na]. The van der Waals surface area contributed by atoms with Gasteiger partial charge in [0.25, 0.3) is 0 Å². The molecule has 1 radical (unpaired) electrons. The third kappa shape index (κ3) is 1.61. The average Bonchev–Trinajstić information content (AvgIpc) is 2.67. The zero-order chi connectivity index (χ0) is 10.3. The molecule has 0 aliphatic carbocycles. The summed E-state index contributed by atoms with van der Waals surface area (Å²) >= 11 is 0. The monoisotopic (exact) mass is 216 g/mol. The number of rotatable bonds is 1. The second-order valence-corrected chi connectivity index (χ2v) is 3.64. The third-order valence-corrected chi connectivity index (χ3v) is 2.79. The quantitative estimate of drug-likeness (QED) is 0.598. The fourth-order valence-electron chi connectivity index (χ4n) is 2.07. The molecule has 73 valence electrons. The van der Waals surface area contributed by atoms with Crippen LogP contribution in [0.1, 0.15) is 5.56 Å². The molecule has 0 aliphatic rings. The minimum Gasteiger partial charge on any atom is -0.354 e. The number of hydrogen-bond acceptors (Lipinski definition) is 0. The van der Waals surface area contributed by atoms with Gasteiger partial charge in [-0.1, -0.05) is 49.1 Å². The van der Waals surface area contributed by atoms with Gasteiger partial charge in [0, 0.05) is 45.8 Å². The number of fused-ring (bicyclic) bond motifs is 3. The molecule has 3 aromatic rings. The maximum absolute atomic E-state index is 3.83. The van der Waals surface area contributed by atoms with Gasteiger partial charge < -0.3 is 4.98 Å². The molecule has 0 spiro atoms. The van der Waals surface area contributed by atoms with Gasteiger partial charge in [0.05, 0.1) is 5.52 Å². The first-order chi connectivity index (χ1) is 7.40. The molecule has 3 rings (SSSR count). The predicted molar refractivity (Wildman–Crippen MR) is 71.6 cm³/mol. The van der Waals surface area contributed by atoms with Crippen molar-refractivity contribution in [2.24, 2.45) is 0 Å². The Morgan fingerprint density at radius 1 is 0.938 bits per heavy atom. The normalized spacial score (nSPS) is 10.2. The molecular weight excluding hydrogens is 205 g/mol. The number of aromatic nitrogens is 1. The van der Waals surface area contributed by atoms with Crippen molar-refractivity contribution in [2.75, 3.05) is 0 Å². The van der Waals surface area contributed by atoms with Crippen LogP contribution in [0.5, 0.6) is 0 Å². The predicted octanol–water partition coefficient (Wildman–Crippen LogP) is 3.58. The third-order valence-electron chi connectivity index (χ3n) is 2.79. The van der Waals surface area contributed by atoms with Crippen molar-refractivity contribution in [3.05, 3.63) is 54.6 Å². The molecule has 0 saturated heterocycles. The molecule has 1 nitrogen and oxygen atoms in total. The molecular formula is C14H11NNa. The molecule has 0 saturated carbocycles. The van der Waals surface area contributed by atoms with Gasteiger partial charge >= 0.3 is 0 Å². The van der Waals surface area contributed by atoms with Crippen molar-refractivity contribution >= 4 is 57.4 Å². The van der Waals surface area contributed by atoms with Crippen molar-refractivity contribution < 1.29 is 0 Å². The largest absolute Gasteiger partial charge is 0.354 e. The van der Waals surface area contributed by atoms with Gasteiger partial charge in [0.15, 0.2) is 0 Å². The zero-order valence-electron chi connectivity index (χ0n) is 9.33. The van der Waals surface area contributed by atoms with E-state index in [4.69, 9.17) is 0 Å². The van der Waals surface area contributed by atoms with Gasteiger partial charge in [-0.25, -0.2) is 0 Å². The van der Waals surface area contributed by atoms with E-state index >= 15 is 0 Å². The van der Waals surface area contributed by atoms with Gasteiger partial charge in [-0.05, 0) is 11.6 Å². The van der Waals surface area contributed by atoms with Crippen LogP contribution in [-0.4, -0.2) is 34.5 Å². The fourth-order valence-corrected chi connectivity index (χ4v) is 2.07. The summed E-state index contributed by atoms with van der Waals surface area (Å²) in [5, 5.41) is 2.54. The maximum atomic E-state index is 3.83. The van der Waals surface area contributed by atoms with Crippen LogP contribution in [0.2, 0.25) is 0 Å². The smallest absolute Gasteiger partial charge is 0.0538 e. The number of aromatic amines is 1. The molecule has 2 aromatic carbocycles. The number of hydrogen-bond donors (Lipinski definition) is 1. The van der Waals surface area contributed by atoms with E-state index in [0.717, 1.165) is 5.56 Å². The maximum Gasteiger partial charge on any atom is 0.0538 e. The Bertz CT molecular complexity index is 652. The fraction of sp³-hybridized carbons (Fsp3) is 0. The van der Waals surface area contributed by atoms with Gasteiger partial charge in [-0.2, -0.15) is 0 Å². The van der Waals surface area contributed by atoms with E-state index in [1.807, 2.05) is 12.1 Å². The van der Waals surface area contributed by atoms with Crippen LogP contribution >= 0.6 is 0 Å². The molecule has 1 aromatic heterocycles. The summed E-state index contributed by atoms with van der Waals surface area (Å²) < 4.78 is 0. The Morgan fingerprint density at radius 3 is 2.50 bits per heavy atom. The van der Waals surface area contributed by atoms with Crippen LogP contribution in [0.3, 0.4) is 0 Å². The summed E-state index contributed by atoms with van der Waals surface area (Å²) in [4.78, 5) is 3.43. The summed E-state index contributed by atoms with van der Waals surface area (Å²) in [5.41, 5.74) is 3.51. The van der Waals surface area contributed by atoms with E-state index in [0.29, 0.717) is 0 Å². The second-order valence-electron chi connectivity index (χ2n) is 3.64. The first-order valence-electron chi connectivity index (χ1n) is 5.02. The van der Waals surface area contributed by atoms with Gasteiger partial charge in [0.2, 0.25) is 0 Å². The summed E-state index contributed by atoms with van der Waals surface area (Å²) in [6.45, 7) is 3.83. The molecule has 0 amide bonds. The second kappa shape index (κ2) is 4.46. The summed E-state index contributed by atoms with van der Waals surface area (Å²) in [6.07, 6.45) is 1.89. The minimum absolute atomic E-state index is 0. The first-order valence-corrected chi connectivity index (χ1v) is 5.02. The van der Waals surface area contributed by atoms with Crippen LogP contribution in [0.15, 0.2) is 49.0 Å². The van der Waals surface area contributed by atoms with E-state index in [9.17, 15) is 0 Å². The summed E-state index contributed by atoms with van der Waals surface area (Å²) in [7, 11) is 0. The Hall–Kier alpha value is -1.02. The van der Waals surface area contributed by atoms with Gasteiger partial charge in [0.1, 0.15) is 0 Å². The van der Waals surface area contributed by atoms with E-state index in [2.05, 4.69) is 48.0 Å². The van der Waals surface area contributed by atoms with Crippen molar-refractivity contribution in [1.29, 1.82) is 0 Å². The minimum atomic E-state index is 0.